The third-order valence-electron chi connectivity index (χ3n) is 5.56. The van der Waals surface area contributed by atoms with Crippen LogP contribution in [0.25, 0.3) is 0 Å². The van der Waals surface area contributed by atoms with Crippen molar-refractivity contribution in [1.82, 2.24) is 9.80 Å². The van der Waals surface area contributed by atoms with E-state index in [9.17, 15) is 14.4 Å². The number of amides is 2. The van der Waals surface area contributed by atoms with E-state index < -0.39 is 11.9 Å². The summed E-state index contributed by atoms with van der Waals surface area (Å²) < 4.78 is 0. The van der Waals surface area contributed by atoms with Crippen molar-refractivity contribution in [3.8, 4) is 0 Å². The number of hydrogen-bond acceptors (Lipinski definition) is 3. The van der Waals surface area contributed by atoms with E-state index in [0.717, 1.165) is 12.8 Å². The number of aliphatic carboxylic acids is 1. The molecule has 2 aliphatic carbocycles. The summed E-state index contributed by atoms with van der Waals surface area (Å²) in [4.78, 5) is 38.9. The summed E-state index contributed by atoms with van der Waals surface area (Å²) in [7, 11) is 1.69. The molecule has 3 fully saturated rings. The van der Waals surface area contributed by atoms with E-state index in [0.29, 0.717) is 31.2 Å². The maximum Gasteiger partial charge on any atom is 0.308 e. The summed E-state index contributed by atoms with van der Waals surface area (Å²) in [6.07, 6.45) is 4.86. The molecule has 3 unspecified atom stereocenters. The van der Waals surface area contributed by atoms with E-state index in [-0.39, 0.29) is 30.8 Å². The smallest absolute Gasteiger partial charge is 0.308 e. The van der Waals surface area contributed by atoms with E-state index in [2.05, 4.69) is 0 Å². The van der Waals surface area contributed by atoms with Crippen molar-refractivity contribution in [2.45, 2.75) is 32.1 Å². The molecule has 2 amide bonds. The van der Waals surface area contributed by atoms with Crippen molar-refractivity contribution >= 4 is 17.8 Å². The van der Waals surface area contributed by atoms with Gasteiger partial charge >= 0.3 is 5.97 Å². The second-order valence-corrected chi connectivity index (χ2v) is 7.00. The van der Waals surface area contributed by atoms with Crippen LogP contribution in [0.15, 0.2) is 0 Å². The Hall–Kier alpha value is -1.59. The third kappa shape index (κ3) is 2.83. The van der Waals surface area contributed by atoms with Gasteiger partial charge < -0.3 is 14.9 Å². The highest BCUT2D eigenvalue weighted by atomic mass is 16.4. The number of carbonyl (C=O) groups is 3. The number of nitrogens with zero attached hydrogens (tertiary/aromatic N) is 2. The van der Waals surface area contributed by atoms with Crippen molar-refractivity contribution < 1.29 is 19.5 Å². The van der Waals surface area contributed by atoms with Gasteiger partial charge in [0.2, 0.25) is 11.8 Å². The van der Waals surface area contributed by atoms with E-state index >= 15 is 0 Å². The van der Waals surface area contributed by atoms with E-state index in [1.807, 2.05) is 0 Å². The molecule has 0 aromatic carbocycles. The van der Waals surface area contributed by atoms with Crippen molar-refractivity contribution in [2.75, 3.05) is 26.7 Å². The van der Waals surface area contributed by atoms with Gasteiger partial charge in [0.15, 0.2) is 0 Å². The molecule has 22 heavy (non-hydrogen) atoms. The fourth-order valence-electron chi connectivity index (χ4n) is 4.23. The average molecular weight is 308 g/mol. The molecule has 6 nitrogen and oxygen atoms in total. The Morgan fingerprint density at radius 1 is 1.14 bits per heavy atom. The average Bonchev–Trinajstić information content (AvgIpc) is 2.98. The van der Waals surface area contributed by atoms with E-state index in [4.69, 9.17) is 5.11 Å². The van der Waals surface area contributed by atoms with Crippen LogP contribution in [-0.2, 0) is 14.4 Å². The molecule has 3 aliphatic rings. The van der Waals surface area contributed by atoms with Gasteiger partial charge in [-0.1, -0.05) is 6.42 Å². The Morgan fingerprint density at radius 2 is 1.82 bits per heavy atom. The molecule has 1 heterocycles. The molecule has 122 valence electrons. The second-order valence-electron chi connectivity index (χ2n) is 7.00. The SMILES string of the molecule is CN(CC(=O)N1CCCC(C(=O)O)C1)C(=O)C1C2CCCC21. The summed E-state index contributed by atoms with van der Waals surface area (Å²) in [5.74, 6) is -0.107. The van der Waals surface area contributed by atoms with Gasteiger partial charge in [-0.15, -0.1) is 0 Å². The number of carbonyl (C=O) groups excluding carboxylic acids is 2. The maximum atomic E-state index is 12.4. The van der Waals surface area contributed by atoms with Crippen molar-refractivity contribution in [3.63, 3.8) is 0 Å². The zero-order valence-corrected chi connectivity index (χ0v) is 13.0. The number of likely N-dealkylation sites (tertiary alicyclic amines) is 1. The van der Waals surface area contributed by atoms with E-state index in [1.165, 1.54) is 11.3 Å². The monoisotopic (exact) mass is 308 g/mol. The van der Waals surface area contributed by atoms with Crippen LogP contribution >= 0.6 is 0 Å². The minimum Gasteiger partial charge on any atom is -0.481 e. The number of likely N-dealkylation sites (N-methyl/N-ethyl adjacent to an activating group) is 1. The van der Waals surface area contributed by atoms with Gasteiger partial charge in [0.1, 0.15) is 0 Å². The molecule has 0 radical (unpaired) electrons. The summed E-state index contributed by atoms with van der Waals surface area (Å²) in [6, 6.07) is 0. The van der Waals surface area contributed by atoms with Crippen molar-refractivity contribution in [1.29, 1.82) is 0 Å². The molecule has 0 aromatic heterocycles. The van der Waals surface area contributed by atoms with Crippen LogP contribution in [-0.4, -0.2) is 59.4 Å². The van der Waals surface area contributed by atoms with Gasteiger partial charge in [0, 0.05) is 26.1 Å². The predicted octanol–water partition coefficient (Wildman–Crippen LogP) is 0.814. The number of piperidine rings is 1. The van der Waals surface area contributed by atoms with Gasteiger partial charge in [-0.3, -0.25) is 14.4 Å². The molecule has 3 rings (SSSR count). The largest absolute Gasteiger partial charge is 0.481 e. The van der Waals surface area contributed by atoms with Crippen LogP contribution in [0.5, 0.6) is 0 Å². The van der Waals surface area contributed by atoms with Crippen molar-refractivity contribution in [2.24, 2.45) is 23.7 Å². The Bertz CT molecular complexity index is 483. The van der Waals surface area contributed by atoms with Gasteiger partial charge in [0.05, 0.1) is 12.5 Å². The highest BCUT2D eigenvalue weighted by Gasteiger charge is 2.57. The molecular formula is C16H24N2O4. The minimum atomic E-state index is -0.840. The lowest BCUT2D eigenvalue weighted by molar-refractivity contribution is -0.147. The Labute approximate surface area is 130 Å². The summed E-state index contributed by atoms with van der Waals surface area (Å²) in [5, 5.41) is 9.08. The first-order valence-corrected chi connectivity index (χ1v) is 8.24. The van der Waals surface area contributed by atoms with Crippen LogP contribution in [0.4, 0.5) is 0 Å². The summed E-state index contributed by atoms with van der Waals surface area (Å²) in [5.41, 5.74) is 0. The summed E-state index contributed by atoms with van der Waals surface area (Å²) >= 11 is 0. The fourth-order valence-corrected chi connectivity index (χ4v) is 4.23. The normalized spacial score (nSPS) is 33.2. The number of carboxylic acid groups (broad SMARTS) is 1. The molecule has 1 aliphatic heterocycles. The fraction of sp³-hybridized carbons (Fsp3) is 0.812. The number of rotatable bonds is 4. The highest BCUT2D eigenvalue weighted by molar-refractivity contribution is 5.88. The third-order valence-corrected chi connectivity index (χ3v) is 5.56. The Balaban J connectivity index is 1.50. The second kappa shape index (κ2) is 5.89. The zero-order valence-electron chi connectivity index (χ0n) is 13.0. The van der Waals surface area contributed by atoms with Gasteiger partial charge in [-0.2, -0.15) is 0 Å². The number of carboxylic acids is 1. The van der Waals surface area contributed by atoms with Crippen LogP contribution in [0, 0.1) is 23.7 Å². The quantitative estimate of drug-likeness (QED) is 0.834. The molecule has 3 atom stereocenters. The number of fused-ring (bicyclic) bond motifs is 1. The lowest BCUT2D eigenvalue weighted by Crippen LogP contribution is -2.47. The Kier molecular flexibility index (Phi) is 4.10. The van der Waals surface area contributed by atoms with Gasteiger partial charge in [-0.25, -0.2) is 0 Å². The van der Waals surface area contributed by atoms with Gasteiger partial charge in [0.25, 0.3) is 0 Å². The Morgan fingerprint density at radius 3 is 2.45 bits per heavy atom. The van der Waals surface area contributed by atoms with Crippen LogP contribution in [0.1, 0.15) is 32.1 Å². The highest BCUT2D eigenvalue weighted by Crippen LogP contribution is 2.58. The molecule has 0 bridgehead atoms. The molecule has 2 saturated carbocycles. The minimum absolute atomic E-state index is 0.0705. The zero-order chi connectivity index (χ0) is 15.9. The lowest BCUT2D eigenvalue weighted by atomic mass is 9.98. The van der Waals surface area contributed by atoms with Crippen LogP contribution < -0.4 is 0 Å². The molecule has 0 spiro atoms. The van der Waals surface area contributed by atoms with Crippen molar-refractivity contribution in [3.05, 3.63) is 0 Å². The molecule has 6 heteroatoms. The number of hydrogen-bond donors (Lipinski definition) is 1. The standard InChI is InChI=1S/C16H24N2O4/c1-17(15(20)14-11-5-2-6-12(11)14)9-13(19)18-7-3-4-10(8-18)16(21)22/h10-12,14H,2-9H2,1H3,(H,21,22). The molecule has 0 aromatic rings. The topological polar surface area (TPSA) is 77.9 Å². The molecule has 1 N–H and O–H groups in total. The molecule has 1 saturated heterocycles. The summed E-state index contributed by atoms with van der Waals surface area (Å²) in [6.45, 7) is 0.936. The first-order chi connectivity index (χ1) is 10.5. The van der Waals surface area contributed by atoms with Crippen LogP contribution in [0.3, 0.4) is 0 Å². The predicted molar refractivity (Wildman–Crippen MR) is 78.9 cm³/mol. The van der Waals surface area contributed by atoms with Gasteiger partial charge in [-0.05, 0) is 37.5 Å². The molecular weight excluding hydrogens is 284 g/mol. The van der Waals surface area contributed by atoms with Crippen LogP contribution in [0.2, 0.25) is 0 Å². The first-order valence-electron chi connectivity index (χ1n) is 8.24. The van der Waals surface area contributed by atoms with E-state index in [1.54, 1.807) is 11.9 Å². The lowest BCUT2D eigenvalue weighted by Gasteiger charge is -2.32. The first kappa shape index (κ1) is 15.3. The maximum absolute atomic E-state index is 12.4.